The van der Waals surface area contributed by atoms with E-state index in [9.17, 15) is 5.11 Å². The van der Waals surface area contributed by atoms with Gasteiger partial charge in [-0.2, -0.15) is 0 Å². The normalized spacial score (nSPS) is 22.4. The van der Waals surface area contributed by atoms with Crippen LogP contribution in [0.1, 0.15) is 62.0 Å². The average molecular weight is 457 g/mol. The smallest absolute Gasteiger partial charge is 0.138 e. The number of aliphatic hydroxyl groups is 1. The number of nitrogens with one attached hydrogen (secondary N) is 1. The standard InChI is InChI=1S/C27H37ClN2O2/c1-29-23-11-8-16-30(18-23)19-24(27(31)14-6-3-7-15-27)22-12-13-26(25(28)17-22)32-20-21-9-4-2-5-10-21/h2,4-5,9-10,12-13,17,23-24,29,31H,3,6-8,11,14-16,18-20H2,1H3/t23-,24?/m1/s1. The maximum atomic E-state index is 11.7. The third kappa shape index (κ3) is 5.85. The van der Waals surface area contributed by atoms with Gasteiger partial charge in [-0.1, -0.05) is 67.3 Å². The topological polar surface area (TPSA) is 44.7 Å². The number of likely N-dealkylation sites (N-methyl/N-ethyl adjacent to an activating group) is 1. The van der Waals surface area contributed by atoms with Gasteiger partial charge in [0.25, 0.3) is 0 Å². The Labute approximate surface area is 197 Å². The quantitative estimate of drug-likeness (QED) is 0.559. The van der Waals surface area contributed by atoms with Crippen LogP contribution in [0, 0.1) is 0 Å². The Hall–Kier alpha value is -1.59. The van der Waals surface area contributed by atoms with Crippen molar-refractivity contribution in [1.29, 1.82) is 0 Å². The van der Waals surface area contributed by atoms with Crippen LogP contribution >= 0.6 is 11.6 Å². The molecule has 0 spiro atoms. The molecule has 174 valence electrons. The Kier molecular flexibility index (Phi) is 8.12. The molecule has 1 unspecified atom stereocenters. The second kappa shape index (κ2) is 11.0. The Morgan fingerprint density at radius 3 is 2.62 bits per heavy atom. The minimum Gasteiger partial charge on any atom is -0.487 e. The van der Waals surface area contributed by atoms with Crippen molar-refractivity contribution in [3.63, 3.8) is 0 Å². The monoisotopic (exact) mass is 456 g/mol. The summed E-state index contributed by atoms with van der Waals surface area (Å²) in [6.07, 6.45) is 7.56. The zero-order valence-electron chi connectivity index (χ0n) is 19.2. The summed E-state index contributed by atoms with van der Waals surface area (Å²) in [6, 6.07) is 16.8. The largest absolute Gasteiger partial charge is 0.487 e. The third-order valence-electron chi connectivity index (χ3n) is 7.32. The summed E-state index contributed by atoms with van der Waals surface area (Å²) in [7, 11) is 2.05. The fourth-order valence-electron chi connectivity index (χ4n) is 5.40. The zero-order valence-corrected chi connectivity index (χ0v) is 20.0. The second-order valence-electron chi connectivity index (χ2n) is 9.57. The molecule has 4 nitrogen and oxygen atoms in total. The van der Waals surface area contributed by atoms with E-state index < -0.39 is 5.60 Å². The van der Waals surface area contributed by atoms with Crippen LogP contribution in [-0.2, 0) is 6.61 Å². The molecule has 1 saturated carbocycles. The molecule has 2 aliphatic rings. The van der Waals surface area contributed by atoms with E-state index in [1.165, 1.54) is 19.3 Å². The first-order valence-electron chi connectivity index (χ1n) is 12.2. The van der Waals surface area contributed by atoms with Crippen LogP contribution in [0.4, 0.5) is 0 Å². The lowest BCUT2D eigenvalue weighted by Crippen LogP contribution is -2.49. The highest BCUT2D eigenvalue weighted by Gasteiger charge is 2.40. The van der Waals surface area contributed by atoms with Crippen LogP contribution < -0.4 is 10.1 Å². The summed E-state index contributed by atoms with van der Waals surface area (Å²) in [5, 5.41) is 15.8. The number of halogens is 1. The number of nitrogens with zero attached hydrogens (tertiary/aromatic N) is 1. The third-order valence-corrected chi connectivity index (χ3v) is 7.61. The molecule has 2 fully saturated rings. The van der Waals surface area contributed by atoms with Crippen LogP contribution in [0.2, 0.25) is 5.02 Å². The van der Waals surface area contributed by atoms with Crippen molar-refractivity contribution in [1.82, 2.24) is 10.2 Å². The van der Waals surface area contributed by atoms with Crippen molar-refractivity contribution in [2.75, 3.05) is 26.7 Å². The van der Waals surface area contributed by atoms with Gasteiger partial charge in [0.2, 0.25) is 0 Å². The first kappa shape index (κ1) is 23.6. The van der Waals surface area contributed by atoms with Gasteiger partial charge in [-0.25, -0.2) is 0 Å². The fourth-order valence-corrected chi connectivity index (χ4v) is 5.64. The molecule has 4 rings (SSSR count). The van der Waals surface area contributed by atoms with E-state index in [-0.39, 0.29) is 5.92 Å². The highest BCUT2D eigenvalue weighted by Crippen LogP contribution is 2.42. The minimum absolute atomic E-state index is 0.0547. The summed E-state index contributed by atoms with van der Waals surface area (Å²) >= 11 is 6.68. The molecule has 0 radical (unpaired) electrons. The molecule has 2 aromatic rings. The van der Waals surface area contributed by atoms with E-state index in [0.29, 0.717) is 23.4 Å². The molecule has 0 amide bonds. The number of benzene rings is 2. The van der Waals surface area contributed by atoms with Crippen LogP contribution in [-0.4, -0.2) is 48.3 Å². The van der Waals surface area contributed by atoms with E-state index in [0.717, 1.165) is 56.4 Å². The van der Waals surface area contributed by atoms with Crippen LogP contribution in [0.15, 0.2) is 48.5 Å². The fraction of sp³-hybridized carbons (Fsp3) is 0.556. The molecule has 5 heteroatoms. The molecule has 1 heterocycles. The predicted octanol–water partition coefficient (Wildman–Crippen LogP) is 5.38. The zero-order chi connectivity index (χ0) is 22.4. The van der Waals surface area contributed by atoms with Gasteiger partial charge >= 0.3 is 0 Å². The summed E-state index contributed by atoms with van der Waals surface area (Å²) in [4.78, 5) is 2.52. The molecule has 2 N–H and O–H groups in total. The molecular weight excluding hydrogens is 420 g/mol. The lowest BCUT2D eigenvalue weighted by atomic mass is 9.72. The van der Waals surface area contributed by atoms with Crippen molar-refractivity contribution in [3.8, 4) is 5.75 Å². The molecule has 0 aromatic heterocycles. The van der Waals surface area contributed by atoms with Crippen LogP contribution in [0.3, 0.4) is 0 Å². The van der Waals surface area contributed by atoms with Crippen molar-refractivity contribution < 1.29 is 9.84 Å². The first-order valence-corrected chi connectivity index (χ1v) is 12.5. The van der Waals surface area contributed by atoms with Gasteiger partial charge in [0.1, 0.15) is 12.4 Å². The maximum Gasteiger partial charge on any atom is 0.138 e. The molecule has 1 aliphatic heterocycles. The van der Waals surface area contributed by atoms with E-state index in [1.807, 2.05) is 49.5 Å². The summed E-state index contributed by atoms with van der Waals surface area (Å²) in [6.45, 7) is 3.49. The molecule has 2 aromatic carbocycles. The SMILES string of the molecule is CN[C@@H]1CCCN(CC(c2ccc(OCc3ccccc3)c(Cl)c2)C2(O)CCCCC2)C1. The van der Waals surface area contributed by atoms with Crippen molar-refractivity contribution in [2.24, 2.45) is 0 Å². The Balaban J connectivity index is 1.52. The molecule has 0 bridgehead atoms. The van der Waals surface area contributed by atoms with Crippen molar-refractivity contribution in [2.45, 2.75) is 69.1 Å². The maximum absolute atomic E-state index is 11.7. The first-order chi connectivity index (χ1) is 15.6. The lowest BCUT2D eigenvalue weighted by Gasteiger charge is -2.43. The van der Waals surface area contributed by atoms with Crippen LogP contribution in [0.5, 0.6) is 5.75 Å². The molecule has 2 atom stereocenters. The van der Waals surface area contributed by atoms with Gasteiger partial charge in [0.15, 0.2) is 0 Å². The number of rotatable bonds is 8. The van der Waals surface area contributed by atoms with E-state index in [1.54, 1.807) is 0 Å². The summed E-state index contributed by atoms with van der Waals surface area (Å²) in [5.41, 5.74) is 1.57. The summed E-state index contributed by atoms with van der Waals surface area (Å²) in [5.74, 6) is 0.751. The second-order valence-corrected chi connectivity index (χ2v) is 9.98. The number of hydrogen-bond donors (Lipinski definition) is 2. The van der Waals surface area contributed by atoms with Gasteiger partial charge in [-0.15, -0.1) is 0 Å². The number of hydrogen-bond acceptors (Lipinski definition) is 4. The number of piperidine rings is 1. The van der Waals surface area contributed by atoms with Crippen molar-refractivity contribution in [3.05, 3.63) is 64.7 Å². The molecule has 1 aliphatic carbocycles. The number of ether oxygens (including phenoxy) is 1. The molecule has 32 heavy (non-hydrogen) atoms. The Morgan fingerprint density at radius 1 is 1.12 bits per heavy atom. The molecule has 1 saturated heterocycles. The van der Waals surface area contributed by atoms with E-state index in [2.05, 4.69) is 16.3 Å². The Bertz CT molecular complexity index is 854. The predicted molar refractivity (Wildman–Crippen MR) is 132 cm³/mol. The Morgan fingerprint density at radius 2 is 1.91 bits per heavy atom. The van der Waals surface area contributed by atoms with Gasteiger partial charge in [0.05, 0.1) is 10.6 Å². The summed E-state index contributed by atoms with van der Waals surface area (Å²) < 4.78 is 5.99. The van der Waals surface area contributed by atoms with Gasteiger partial charge < -0.3 is 20.1 Å². The van der Waals surface area contributed by atoms with Gasteiger partial charge in [0, 0.05) is 25.0 Å². The minimum atomic E-state index is -0.666. The van der Waals surface area contributed by atoms with E-state index >= 15 is 0 Å². The van der Waals surface area contributed by atoms with E-state index in [4.69, 9.17) is 16.3 Å². The highest BCUT2D eigenvalue weighted by atomic mass is 35.5. The highest BCUT2D eigenvalue weighted by molar-refractivity contribution is 6.32. The average Bonchev–Trinajstić information content (AvgIpc) is 2.83. The van der Waals surface area contributed by atoms with Gasteiger partial charge in [-0.05, 0) is 62.5 Å². The van der Waals surface area contributed by atoms with Crippen molar-refractivity contribution >= 4 is 11.6 Å². The van der Waals surface area contributed by atoms with Crippen LogP contribution in [0.25, 0.3) is 0 Å². The lowest BCUT2D eigenvalue weighted by molar-refractivity contribution is -0.0329. The number of likely N-dealkylation sites (tertiary alicyclic amines) is 1. The van der Waals surface area contributed by atoms with Gasteiger partial charge in [-0.3, -0.25) is 0 Å². The molecular formula is C27H37ClN2O2.